The molecule has 0 saturated carbocycles. The Balaban J connectivity index is 1.37. The van der Waals surface area contributed by atoms with Crippen LogP contribution < -0.4 is 0 Å². The standard InChI is InChI=1S/C21H25N3O2/c25-21(20-10-22-14-26-20)23-11-15-9-17(13-23)19-8-4-7-18(24(19)12-15)16-5-2-1-3-6-16/h1-3,5-6,10,14-15,17-19H,4,7-9,11-13H2/t15-,17+,18+,19-/m0/s1. The van der Waals surface area contributed by atoms with Crippen molar-refractivity contribution in [2.75, 3.05) is 19.6 Å². The minimum atomic E-state index is 0.000990. The van der Waals surface area contributed by atoms with Gasteiger partial charge in [0, 0.05) is 31.7 Å². The molecule has 0 N–H and O–H groups in total. The summed E-state index contributed by atoms with van der Waals surface area (Å²) in [5, 5.41) is 0. The summed E-state index contributed by atoms with van der Waals surface area (Å²) in [6.45, 7) is 2.78. The van der Waals surface area contributed by atoms with Crippen molar-refractivity contribution >= 4 is 5.91 Å². The maximum Gasteiger partial charge on any atom is 0.291 e. The van der Waals surface area contributed by atoms with Crippen LogP contribution in [-0.2, 0) is 0 Å². The highest BCUT2D eigenvalue weighted by Crippen LogP contribution is 2.44. The van der Waals surface area contributed by atoms with E-state index in [2.05, 4.69) is 40.2 Å². The second-order valence-corrected chi connectivity index (χ2v) is 8.06. The molecule has 3 aliphatic rings. The van der Waals surface area contributed by atoms with Gasteiger partial charge in [0.1, 0.15) is 0 Å². The Bertz CT molecular complexity index is 761. The number of oxazole rings is 1. The fourth-order valence-corrected chi connectivity index (χ4v) is 5.48. The Kier molecular flexibility index (Phi) is 4.04. The number of fused-ring (bicyclic) bond motifs is 4. The molecule has 0 unspecified atom stereocenters. The normalized spacial score (nSPS) is 31.5. The van der Waals surface area contributed by atoms with Gasteiger partial charge in [-0.3, -0.25) is 9.69 Å². The van der Waals surface area contributed by atoms with Crippen molar-refractivity contribution in [3.63, 3.8) is 0 Å². The summed E-state index contributed by atoms with van der Waals surface area (Å²) in [5.74, 6) is 1.50. The van der Waals surface area contributed by atoms with Gasteiger partial charge in [-0.05, 0) is 43.1 Å². The number of aromatic nitrogens is 1. The van der Waals surface area contributed by atoms with Crippen molar-refractivity contribution < 1.29 is 9.21 Å². The van der Waals surface area contributed by atoms with E-state index in [1.54, 1.807) is 0 Å². The lowest BCUT2D eigenvalue weighted by Crippen LogP contribution is -2.60. The first-order chi connectivity index (χ1) is 12.8. The third-order valence-corrected chi connectivity index (χ3v) is 6.50. The Labute approximate surface area is 154 Å². The Morgan fingerprint density at radius 2 is 2.00 bits per heavy atom. The fourth-order valence-electron chi connectivity index (χ4n) is 5.48. The first-order valence-corrected chi connectivity index (χ1v) is 9.78. The summed E-state index contributed by atoms with van der Waals surface area (Å²) in [6.07, 6.45) is 7.91. The van der Waals surface area contributed by atoms with Crippen LogP contribution in [0.25, 0.3) is 0 Å². The number of carbonyl (C=O) groups is 1. The molecule has 1 amide bonds. The minimum Gasteiger partial charge on any atom is -0.438 e. The Morgan fingerprint density at radius 1 is 1.12 bits per heavy atom. The van der Waals surface area contributed by atoms with E-state index in [1.807, 2.05) is 4.90 Å². The summed E-state index contributed by atoms with van der Waals surface area (Å²) in [7, 11) is 0. The van der Waals surface area contributed by atoms with E-state index in [4.69, 9.17) is 4.42 Å². The van der Waals surface area contributed by atoms with Crippen molar-refractivity contribution in [3.05, 3.63) is 54.2 Å². The predicted octanol–water partition coefficient (Wildman–Crippen LogP) is 3.36. The van der Waals surface area contributed by atoms with Gasteiger partial charge >= 0.3 is 0 Å². The van der Waals surface area contributed by atoms with E-state index in [9.17, 15) is 4.79 Å². The molecule has 5 nitrogen and oxygen atoms in total. The van der Waals surface area contributed by atoms with Gasteiger partial charge < -0.3 is 9.32 Å². The van der Waals surface area contributed by atoms with E-state index < -0.39 is 0 Å². The average Bonchev–Trinajstić information content (AvgIpc) is 3.22. The molecule has 3 aliphatic heterocycles. The third-order valence-electron chi connectivity index (χ3n) is 6.50. The maximum absolute atomic E-state index is 12.7. The molecule has 4 atom stereocenters. The molecule has 3 saturated heterocycles. The van der Waals surface area contributed by atoms with Gasteiger partial charge in [-0.15, -0.1) is 0 Å². The topological polar surface area (TPSA) is 49.6 Å². The number of carbonyl (C=O) groups excluding carboxylic acids is 1. The highest BCUT2D eigenvalue weighted by atomic mass is 16.3. The quantitative estimate of drug-likeness (QED) is 0.832. The van der Waals surface area contributed by atoms with Crippen LogP contribution in [0.3, 0.4) is 0 Å². The number of likely N-dealkylation sites (tertiary alicyclic amines) is 1. The zero-order valence-electron chi connectivity index (χ0n) is 15.0. The Hall–Kier alpha value is -2.14. The summed E-state index contributed by atoms with van der Waals surface area (Å²) < 4.78 is 5.24. The van der Waals surface area contributed by atoms with Gasteiger partial charge in [0.25, 0.3) is 5.91 Å². The van der Waals surface area contributed by atoms with E-state index >= 15 is 0 Å². The van der Waals surface area contributed by atoms with Crippen molar-refractivity contribution in [3.8, 4) is 0 Å². The predicted molar refractivity (Wildman–Crippen MR) is 97.5 cm³/mol. The first-order valence-electron chi connectivity index (χ1n) is 9.78. The van der Waals surface area contributed by atoms with Gasteiger partial charge in [-0.1, -0.05) is 30.3 Å². The van der Waals surface area contributed by atoms with Crippen LogP contribution in [0.5, 0.6) is 0 Å². The minimum absolute atomic E-state index is 0.000990. The van der Waals surface area contributed by atoms with Crippen LogP contribution in [0.1, 0.15) is 47.8 Å². The zero-order chi connectivity index (χ0) is 17.5. The van der Waals surface area contributed by atoms with Gasteiger partial charge in [0.05, 0.1) is 6.20 Å². The fraction of sp³-hybridized carbons (Fsp3) is 0.524. The highest BCUT2D eigenvalue weighted by molar-refractivity contribution is 5.91. The molecule has 26 heavy (non-hydrogen) atoms. The van der Waals surface area contributed by atoms with Gasteiger partial charge in [0.2, 0.25) is 5.76 Å². The SMILES string of the molecule is O=C(c1cnco1)N1C[C@@H]2C[C@H](C1)[C@@H]1CCC[C@H](c3ccccc3)N1C2. The number of hydrogen-bond acceptors (Lipinski definition) is 4. The lowest BCUT2D eigenvalue weighted by atomic mass is 9.74. The van der Waals surface area contributed by atoms with Crippen molar-refractivity contribution in [2.24, 2.45) is 11.8 Å². The van der Waals surface area contributed by atoms with Gasteiger partial charge in [-0.2, -0.15) is 0 Å². The molecule has 2 bridgehead atoms. The van der Waals surface area contributed by atoms with Crippen molar-refractivity contribution in [1.29, 1.82) is 0 Å². The molecule has 0 aliphatic carbocycles. The summed E-state index contributed by atoms with van der Waals surface area (Å²) in [6, 6.07) is 12.1. The van der Waals surface area contributed by atoms with E-state index in [-0.39, 0.29) is 5.91 Å². The number of benzene rings is 1. The number of piperidine rings is 3. The van der Waals surface area contributed by atoms with E-state index in [0.29, 0.717) is 29.7 Å². The molecule has 3 fully saturated rings. The van der Waals surface area contributed by atoms with Crippen LogP contribution in [0.15, 0.2) is 47.3 Å². The Morgan fingerprint density at radius 3 is 2.81 bits per heavy atom. The largest absolute Gasteiger partial charge is 0.438 e. The lowest BCUT2D eigenvalue weighted by Gasteiger charge is -2.55. The van der Waals surface area contributed by atoms with Crippen LogP contribution in [0.2, 0.25) is 0 Å². The zero-order valence-corrected chi connectivity index (χ0v) is 15.0. The van der Waals surface area contributed by atoms with Gasteiger partial charge in [0.15, 0.2) is 6.39 Å². The van der Waals surface area contributed by atoms with E-state index in [1.165, 1.54) is 43.8 Å². The molecule has 0 spiro atoms. The van der Waals surface area contributed by atoms with Crippen LogP contribution in [-0.4, -0.2) is 46.4 Å². The summed E-state index contributed by atoms with van der Waals surface area (Å²) >= 11 is 0. The van der Waals surface area contributed by atoms with Crippen LogP contribution in [0.4, 0.5) is 0 Å². The molecule has 4 heterocycles. The molecular formula is C21H25N3O2. The van der Waals surface area contributed by atoms with Gasteiger partial charge in [-0.25, -0.2) is 4.98 Å². The number of amides is 1. The number of rotatable bonds is 2. The molecule has 2 aromatic rings. The second-order valence-electron chi connectivity index (χ2n) is 8.06. The molecule has 5 heteroatoms. The molecule has 0 radical (unpaired) electrons. The summed E-state index contributed by atoms with van der Waals surface area (Å²) in [4.78, 5) is 21.4. The van der Waals surface area contributed by atoms with E-state index in [0.717, 1.165) is 19.6 Å². The second kappa shape index (κ2) is 6.54. The monoisotopic (exact) mass is 351 g/mol. The number of hydrogen-bond donors (Lipinski definition) is 0. The first kappa shape index (κ1) is 16.1. The lowest BCUT2D eigenvalue weighted by molar-refractivity contribution is -0.0516. The van der Waals surface area contributed by atoms with Crippen LogP contribution in [0, 0.1) is 11.8 Å². The maximum atomic E-state index is 12.7. The summed E-state index contributed by atoms with van der Waals surface area (Å²) in [5.41, 5.74) is 1.45. The molecule has 5 rings (SSSR count). The smallest absolute Gasteiger partial charge is 0.291 e. The molecule has 1 aromatic heterocycles. The van der Waals surface area contributed by atoms with Crippen LogP contribution >= 0.6 is 0 Å². The number of nitrogens with zero attached hydrogens (tertiary/aromatic N) is 3. The molecule has 136 valence electrons. The molecular weight excluding hydrogens is 326 g/mol. The highest BCUT2D eigenvalue weighted by Gasteiger charge is 2.46. The molecule has 1 aromatic carbocycles. The van der Waals surface area contributed by atoms with Crippen molar-refractivity contribution in [1.82, 2.24) is 14.8 Å². The van der Waals surface area contributed by atoms with Crippen molar-refractivity contribution in [2.45, 2.75) is 37.8 Å². The average molecular weight is 351 g/mol. The third kappa shape index (κ3) is 2.75.